The van der Waals surface area contributed by atoms with Crippen LogP contribution in [0.15, 0.2) is 30.5 Å². The van der Waals surface area contributed by atoms with Gasteiger partial charge in [-0.15, -0.1) is 0 Å². The van der Waals surface area contributed by atoms with Crippen LogP contribution >= 0.6 is 11.6 Å². The van der Waals surface area contributed by atoms with Gasteiger partial charge in [0.1, 0.15) is 6.61 Å². The summed E-state index contributed by atoms with van der Waals surface area (Å²) >= 11 is 5.87. The monoisotopic (exact) mass is 390 g/mol. The summed E-state index contributed by atoms with van der Waals surface area (Å²) in [6, 6.07) is 6.87. The molecule has 1 aromatic heterocycles. The minimum atomic E-state index is -0.427. The molecule has 0 spiro atoms. The number of phenolic OH excluding ortho intramolecular Hbond substituents is 1. The number of benzene rings is 1. The van der Waals surface area contributed by atoms with E-state index >= 15 is 0 Å². The molecule has 142 valence electrons. The van der Waals surface area contributed by atoms with Gasteiger partial charge < -0.3 is 19.5 Å². The third kappa shape index (κ3) is 4.49. The van der Waals surface area contributed by atoms with E-state index in [-0.39, 0.29) is 37.6 Å². The van der Waals surface area contributed by atoms with E-state index in [2.05, 4.69) is 9.72 Å². The number of aromatic nitrogens is 1. The van der Waals surface area contributed by atoms with Gasteiger partial charge >= 0.3 is 5.97 Å². The molecular formula is C19H19ClN2O5. The van der Waals surface area contributed by atoms with E-state index in [1.165, 1.54) is 13.3 Å². The lowest BCUT2D eigenvalue weighted by atomic mass is 10.0. The molecule has 3 rings (SSSR count). The van der Waals surface area contributed by atoms with Gasteiger partial charge in [0.15, 0.2) is 11.5 Å². The highest BCUT2D eigenvalue weighted by atomic mass is 35.5. The molecule has 0 bridgehead atoms. The molecule has 1 aliphatic heterocycles. The highest BCUT2D eigenvalue weighted by molar-refractivity contribution is 6.30. The quantitative estimate of drug-likeness (QED) is 0.807. The lowest BCUT2D eigenvalue weighted by Crippen LogP contribution is -2.32. The molecule has 1 aromatic carbocycles. The second-order valence-corrected chi connectivity index (χ2v) is 6.52. The summed E-state index contributed by atoms with van der Waals surface area (Å²) in [5.74, 6) is -0.256. The first-order chi connectivity index (χ1) is 13.0. The Morgan fingerprint density at radius 2 is 2.15 bits per heavy atom. The number of phenols is 1. The van der Waals surface area contributed by atoms with Crippen LogP contribution in [-0.4, -0.2) is 47.1 Å². The zero-order valence-electron chi connectivity index (χ0n) is 14.8. The first kappa shape index (κ1) is 19.0. The number of esters is 1. The fraction of sp³-hybridized carbons (Fsp3) is 0.316. The van der Waals surface area contributed by atoms with Gasteiger partial charge in [-0.25, -0.2) is 0 Å². The number of rotatable bonds is 4. The Hall–Kier alpha value is -2.80. The molecule has 1 aliphatic rings. The summed E-state index contributed by atoms with van der Waals surface area (Å²) in [4.78, 5) is 29.6. The molecule has 0 unspecified atom stereocenters. The van der Waals surface area contributed by atoms with Crippen molar-refractivity contribution in [3.8, 4) is 22.8 Å². The van der Waals surface area contributed by atoms with E-state index < -0.39 is 5.97 Å². The van der Waals surface area contributed by atoms with E-state index in [1.54, 1.807) is 23.1 Å². The molecule has 8 heteroatoms. The van der Waals surface area contributed by atoms with Gasteiger partial charge in [0.25, 0.3) is 0 Å². The summed E-state index contributed by atoms with van der Waals surface area (Å²) < 4.78 is 10.2. The van der Waals surface area contributed by atoms with E-state index in [1.807, 2.05) is 6.07 Å². The molecule has 27 heavy (non-hydrogen) atoms. The Balaban J connectivity index is 1.84. The first-order valence-electron chi connectivity index (χ1n) is 8.43. The van der Waals surface area contributed by atoms with Crippen LogP contribution in [0, 0.1) is 0 Å². The van der Waals surface area contributed by atoms with Crippen LogP contribution in [0.1, 0.15) is 18.4 Å². The molecule has 0 saturated carbocycles. The summed E-state index contributed by atoms with van der Waals surface area (Å²) in [6.45, 7) is 0.885. The van der Waals surface area contributed by atoms with Gasteiger partial charge in [0.2, 0.25) is 5.91 Å². The number of pyridine rings is 1. The van der Waals surface area contributed by atoms with Crippen molar-refractivity contribution < 1.29 is 24.2 Å². The highest BCUT2D eigenvalue weighted by Gasteiger charge is 2.23. The molecule has 0 atom stereocenters. The van der Waals surface area contributed by atoms with Crippen molar-refractivity contribution in [1.29, 1.82) is 0 Å². The average molecular weight is 391 g/mol. The second kappa shape index (κ2) is 8.26. The van der Waals surface area contributed by atoms with Crippen molar-refractivity contribution in [1.82, 2.24) is 9.88 Å². The second-order valence-electron chi connectivity index (χ2n) is 6.09. The molecule has 0 fully saturated rings. The number of amides is 1. The number of hydrogen-bond acceptors (Lipinski definition) is 6. The Morgan fingerprint density at radius 1 is 1.33 bits per heavy atom. The Bertz CT molecular complexity index is 854. The third-order valence-electron chi connectivity index (χ3n) is 4.26. The maximum atomic E-state index is 12.4. The number of carbonyl (C=O) groups excluding carboxylic acids is 2. The van der Waals surface area contributed by atoms with Crippen molar-refractivity contribution in [2.45, 2.75) is 19.4 Å². The zero-order chi connectivity index (χ0) is 19.4. The number of fused-ring (bicyclic) bond motifs is 1. The van der Waals surface area contributed by atoms with Crippen LogP contribution in [0.2, 0.25) is 5.02 Å². The molecule has 7 nitrogen and oxygen atoms in total. The van der Waals surface area contributed by atoms with Crippen LogP contribution in [0.3, 0.4) is 0 Å². The average Bonchev–Trinajstić information content (AvgIpc) is 2.89. The minimum Gasteiger partial charge on any atom is -0.504 e. The normalized spacial score (nSPS) is 13.3. The van der Waals surface area contributed by atoms with Gasteiger partial charge in [-0.05, 0) is 24.3 Å². The summed E-state index contributed by atoms with van der Waals surface area (Å²) in [5, 5.41) is 10.9. The number of carbonyl (C=O) groups is 2. The number of nitrogens with zero attached hydrogens (tertiary/aromatic N) is 2. The molecule has 0 aliphatic carbocycles. The molecular weight excluding hydrogens is 372 g/mol. The van der Waals surface area contributed by atoms with Crippen LogP contribution in [0.4, 0.5) is 0 Å². The predicted molar refractivity (Wildman–Crippen MR) is 98.5 cm³/mol. The zero-order valence-corrected chi connectivity index (χ0v) is 15.5. The molecule has 0 radical (unpaired) electrons. The summed E-state index contributed by atoms with van der Waals surface area (Å²) in [6.07, 6.45) is 1.62. The van der Waals surface area contributed by atoms with Crippen molar-refractivity contribution in [2.24, 2.45) is 0 Å². The van der Waals surface area contributed by atoms with E-state index in [9.17, 15) is 14.7 Å². The van der Waals surface area contributed by atoms with Gasteiger partial charge in [-0.1, -0.05) is 11.6 Å². The van der Waals surface area contributed by atoms with Crippen LogP contribution in [-0.2, 0) is 20.9 Å². The maximum absolute atomic E-state index is 12.4. The topological polar surface area (TPSA) is 89.0 Å². The smallest absolute Gasteiger partial charge is 0.306 e. The fourth-order valence-corrected chi connectivity index (χ4v) is 2.99. The van der Waals surface area contributed by atoms with Gasteiger partial charge in [0.05, 0.1) is 30.8 Å². The number of hydrogen-bond donors (Lipinski definition) is 1. The number of methoxy groups -OCH3 is 1. The number of aromatic hydroxyl groups is 1. The van der Waals surface area contributed by atoms with Gasteiger partial charge in [-0.3, -0.25) is 14.6 Å². The standard InChI is InChI=1S/C19H19ClN2O5/c1-26-18(25)5-4-17(24)22-6-7-27-19-13(11-22)8-12(9-16(19)23)15-3-2-14(20)10-21-15/h2-3,8-10,23H,4-7,11H2,1H3. The highest BCUT2D eigenvalue weighted by Crippen LogP contribution is 2.37. The van der Waals surface area contributed by atoms with E-state index in [4.69, 9.17) is 16.3 Å². The van der Waals surface area contributed by atoms with E-state index in [0.29, 0.717) is 34.1 Å². The van der Waals surface area contributed by atoms with Crippen LogP contribution in [0.25, 0.3) is 11.3 Å². The maximum Gasteiger partial charge on any atom is 0.306 e. The third-order valence-corrected chi connectivity index (χ3v) is 4.49. The Morgan fingerprint density at radius 3 is 2.85 bits per heavy atom. The first-order valence-corrected chi connectivity index (χ1v) is 8.81. The molecule has 1 N–H and O–H groups in total. The number of halogens is 1. The largest absolute Gasteiger partial charge is 0.504 e. The fourth-order valence-electron chi connectivity index (χ4n) is 2.88. The number of ether oxygens (including phenoxy) is 2. The predicted octanol–water partition coefficient (Wildman–Crippen LogP) is 2.78. The van der Waals surface area contributed by atoms with Crippen molar-refractivity contribution in [3.05, 3.63) is 41.0 Å². The molecule has 1 amide bonds. The van der Waals surface area contributed by atoms with Crippen molar-refractivity contribution in [2.75, 3.05) is 20.3 Å². The molecule has 0 saturated heterocycles. The Labute approximate surface area is 161 Å². The molecule has 2 aromatic rings. The van der Waals surface area contributed by atoms with Crippen LogP contribution < -0.4 is 4.74 Å². The lowest BCUT2D eigenvalue weighted by molar-refractivity contribution is -0.143. The van der Waals surface area contributed by atoms with Crippen molar-refractivity contribution >= 4 is 23.5 Å². The molecule has 2 heterocycles. The SMILES string of the molecule is COC(=O)CCC(=O)N1CCOc2c(O)cc(-c3ccc(Cl)cn3)cc2C1. The minimum absolute atomic E-state index is 0.0110. The van der Waals surface area contributed by atoms with Gasteiger partial charge in [-0.2, -0.15) is 0 Å². The van der Waals surface area contributed by atoms with E-state index in [0.717, 1.165) is 0 Å². The van der Waals surface area contributed by atoms with Crippen LogP contribution in [0.5, 0.6) is 11.5 Å². The van der Waals surface area contributed by atoms with Gasteiger partial charge in [0, 0.05) is 30.3 Å². The summed E-state index contributed by atoms with van der Waals surface area (Å²) in [5.41, 5.74) is 2.01. The lowest BCUT2D eigenvalue weighted by Gasteiger charge is -2.20. The Kier molecular flexibility index (Phi) is 5.81. The summed E-state index contributed by atoms with van der Waals surface area (Å²) in [7, 11) is 1.29. The van der Waals surface area contributed by atoms with Crippen molar-refractivity contribution in [3.63, 3.8) is 0 Å².